The van der Waals surface area contributed by atoms with Gasteiger partial charge in [-0.2, -0.15) is 0 Å². The molecule has 1 fully saturated rings. The molecule has 1 unspecified atom stereocenters. The van der Waals surface area contributed by atoms with Gasteiger partial charge in [0.15, 0.2) is 0 Å². The van der Waals surface area contributed by atoms with Crippen LogP contribution in [0.5, 0.6) is 0 Å². The predicted octanol–water partition coefficient (Wildman–Crippen LogP) is 2.63. The molecule has 0 radical (unpaired) electrons. The van der Waals surface area contributed by atoms with E-state index in [9.17, 15) is 4.79 Å². The monoisotopic (exact) mass is 227 g/mol. The van der Waals surface area contributed by atoms with E-state index in [1.807, 2.05) is 20.8 Å². The van der Waals surface area contributed by atoms with Gasteiger partial charge in [-0.15, -0.1) is 0 Å². The van der Waals surface area contributed by atoms with Crippen LogP contribution in [0.4, 0.5) is 0 Å². The molecular weight excluding hydrogens is 202 g/mol. The highest BCUT2D eigenvalue weighted by molar-refractivity contribution is 5.69. The van der Waals surface area contributed by atoms with Gasteiger partial charge in [0.05, 0.1) is 0 Å². The number of esters is 1. The van der Waals surface area contributed by atoms with Crippen molar-refractivity contribution < 1.29 is 9.53 Å². The lowest BCUT2D eigenvalue weighted by Crippen LogP contribution is -2.29. The van der Waals surface area contributed by atoms with E-state index in [2.05, 4.69) is 0 Å². The second-order valence-electron chi connectivity index (χ2n) is 5.92. The number of hydrogen-bond acceptors (Lipinski definition) is 3. The molecule has 0 saturated heterocycles. The van der Waals surface area contributed by atoms with E-state index in [4.69, 9.17) is 10.5 Å². The molecule has 3 heteroatoms. The van der Waals surface area contributed by atoms with E-state index in [1.165, 1.54) is 12.8 Å². The molecule has 94 valence electrons. The molecule has 3 nitrogen and oxygen atoms in total. The minimum atomic E-state index is -0.361. The first-order valence-corrected chi connectivity index (χ1v) is 6.34. The van der Waals surface area contributed by atoms with E-state index in [0.29, 0.717) is 18.4 Å². The van der Waals surface area contributed by atoms with Crippen LogP contribution in [0.1, 0.15) is 59.3 Å². The fourth-order valence-corrected chi connectivity index (χ4v) is 2.31. The van der Waals surface area contributed by atoms with Crippen molar-refractivity contribution in [3.63, 3.8) is 0 Å². The zero-order valence-electron chi connectivity index (χ0n) is 10.8. The number of carbonyl (C=O) groups excluding carboxylic acids is 1. The average molecular weight is 227 g/mol. The van der Waals surface area contributed by atoms with Crippen LogP contribution in [0, 0.1) is 5.92 Å². The summed E-state index contributed by atoms with van der Waals surface area (Å²) in [5.41, 5.74) is 5.56. The van der Waals surface area contributed by atoms with E-state index in [1.54, 1.807) is 0 Å². The van der Waals surface area contributed by atoms with Crippen LogP contribution in [0.2, 0.25) is 0 Å². The molecule has 1 aliphatic rings. The Morgan fingerprint density at radius 2 is 2.06 bits per heavy atom. The Hall–Kier alpha value is -0.570. The van der Waals surface area contributed by atoms with Crippen molar-refractivity contribution in [3.05, 3.63) is 0 Å². The standard InChI is InChI=1S/C13H25NO2/c1-13(2,3)16-12(15)8-7-10-5-4-6-11(14)9-10/h10-11H,4-9,14H2,1-3H3/t10?,11-/m1/s1. The summed E-state index contributed by atoms with van der Waals surface area (Å²) in [6.45, 7) is 5.71. The first-order chi connectivity index (χ1) is 7.37. The van der Waals surface area contributed by atoms with Crippen molar-refractivity contribution in [2.45, 2.75) is 70.9 Å². The lowest BCUT2D eigenvalue weighted by atomic mass is 9.83. The topological polar surface area (TPSA) is 52.3 Å². The van der Waals surface area contributed by atoms with Crippen LogP contribution in [0.25, 0.3) is 0 Å². The number of rotatable bonds is 3. The molecule has 2 N–H and O–H groups in total. The van der Waals surface area contributed by atoms with Crippen molar-refractivity contribution in [2.75, 3.05) is 0 Å². The molecule has 16 heavy (non-hydrogen) atoms. The lowest BCUT2D eigenvalue weighted by Gasteiger charge is -2.26. The molecular formula is C13H25NO2. The molecule has 0 bridgehead atoms. The first kappa shape index (κ1) is 13.5. The fourth-order valence-electron chi connectivity index (χ4n) is 2.31. The van der Waals surface area contributed by atoms with Gasteiger partial charge in [-0.3, -0.25) is 4.79 Å². The third-order valence-corrected chi connectivity index (χ3v) is 3.00. The van der Waals surface area contributed by atoms with E-state index in [-0.39, 0.29) is 11.6 Å². The Labute approximate surface area is 98.7 Å². The summed E-state index contributed by atoms with van der Waals surface area (Å²) in [7, 11) is 0. The highest BCUT2D eigenvalue weighted by Gasteiger charge is 2.21. The van der Waals surface area contributed by atoms with Crippen LogP contribution in [-0.4, -0.2) is 17.6 Å². The van der Waals surface area contributed by atoms with Gasteiger partial charge >= 0.3 is 5.97 Å². The summed E-state index contributed by atoms with van der Waals surface area (Å²) >= 11 is 0. The summed E-state index contributed by atoms with van der Waals surface area (Å²) < 4.78 is 5.29. The van der Waals surface area contributed by atoms with Gasteiger partial charge < -0.3 is 10.5 Å². The van der Waals surface area contributed by atoms with Gasteiger partial charge in [0.2, 0.25) is 0 Å². The first-order valence-electron chi connectivity index (χ1n) is 6.34. The predicted molar refractivity (Wildman–Crippen MR) is 65.0 cm³/mol. The SMILES string of the molecule is CC(C)(C)OC(=O)CCC1CCC[C@@H](N)C1. The maximum atomic E-state index is 11.5. The Kier molecular flexibility index (Phi) is 4.78. The molecule has 0 aromatic rings. The Morgan fingerprint density at radius 1 is 1.38 bits per heavy atom. The molecule has 2 atom stereocenters. The largest absolute Gasteiger partial charge is 0.460 e. The van der Waals surface area contributed by atoms with Crippen LogP contribution in [0.3, 0.4) is 0 Å². The van der Waals surface area contributed by atoms with Gasteiger partial charge in [-0.05, 0) is 46.0 Å². The maximum absolute atomic E-state index is 11.5. The minimum Gasteiger partial charge on any atom is -0.460 e. The second kappa shape index (κ2) is 5.67. The molecule has 1 aliphatic carbocycles. The number of nitrogens with two attached hydrogens (primary N) is 1. The third kappa shape index (κ3) is 5.50. The smallest absolute Gasteiger partial charge is 0.306 e. The van der Waals surface area contributed by atoms with Crippen molar-refractivity contribution in [3.8, 4) is 0 Å². The Morgan fingerprint density at radius 3 is 2.62 bits per heavy atom. The summed E-state index contributed by atoms with van der Waals surface area (Å²) in [4.78, 5) is 11.5. The normalized spacial score (nSPS) is 26.5. The van der Waals surface area contributed by atoms with Gasteiger partial charge in [-0.25, -0.2) is 0 Å². The lowest BCUT2D eigenvalue weighted by molar-refractivity contribution is -0.155. The minimum absolute atomic E-state index is 0.0772. The zero-order valence-corrected chi connectivity index (χ0v) is 10.8. The van der Waals surface area contributed by atoms with Gasteiger partial charge in [-0.1, -0.05) is 12.8 Å². The molecule has 0 aromatic carbocycles. The van der Waals surface area contributed by atoms with Crippen molar-refractivity contribution in [1.29, 1.82) is 0 Å². The average Bonchev–Trinajstić information content (AvgIpc) is 2.12. The molecule has 0 aromatic heterocycles. The van der Waals surface area contributed by atoms with Crippen LogP contribution in [-0.2, 0) is 9.53 Å². The Balaban J connectivity index is 2.21. The van der Waals surface area contributed by atoms with Gasteiger partial charge in [0.25, 0.3) is 0 Å². The highest BCUT2D eigenvalue weighted by Crippen LogP contribution is 2.27. The van der Waals surface area contributed by atoms with Gasteiger partial charge in [0.1, 0.15) is 5.60 Å². The summed E-state index contributed by atoms with van der Waals surface area (Å²) in [5.74, 6) is 0.544. The summed E-state index contributed by atoms with van der Waals surface area (Å²) in [6.07, 6.45) is 6.11. The van der Waals surface area contributed by atoms with Crippen molar-refractivity contribution >= 4 is 5.97 Å². The molecule has 1 saturated carbocycles. The zero-order chi connectivity index (χ0) is 12.2. The number of carbonyl (C=O) groups is 1. The van der Waals surface area contributed by atoms with E-state index >= 15 is 0 Å². The summed E-state index contributed by atoms with van der Waals surface area (Å²) in [6, 6.07) is 0.345. The molecule has 0 amide bonds. The fraction of sp³-hybridized carbons (Fsp3) is 0.923. The molecule has 0 spiro atoms. The number of ether oxygens (including phenoxy) is 1. The quantitative estimate of drug-likeness (QED) is 0.754. The maximum Gasteiger partial charge on any atom is 0.306 e. The van der Waals surface area contributed by atoms with E-state index in [0.717, 1.165) is 19.3 Å². The van der Waals surface area contributed by atoms with E-state index < -0.39 is 0 Å². The van der Waals surface area contributed by atoms with Crippen LogP contribution >= 0.6 is 0 Å². The Bertz CT molecular complexity index is 233. The molecule has 0 aliphatic heterocycles. The van der Waals surface area contributed by atoms with Crippen molar-refractivity contribution in [2.24, 2.45) is 11.7 Å². The molecule has 1 rings (SSSR count). The van der Waals surface area contributed by atoms with Crippen molar-refractivity contribution in [1.82, 2.24) is 0 Å². The van der Waals surface area contributed by atoms with Crippen LogP contribution < -0.4 is 5.73 Å². The number of hydrogen-bond donors (Lipinski definition) is 1. The highest BCUT2D eigenvalue weighted by atomic mass is 16.6. The third-order valence-electron chi connectivity index (χ3n) is 3.00. The van der Waals surface area contributed by atoms with Crippen LogP contribution in [0.15, 0.2) is 0 Å². The van der Waals surface area contributed by atoms with Gasteiger partial charge in [0, 0.05) is 12.5 Å². The summed E-state index contributed by atoms with van der Waals surface area (Å²) in [5, 5.41) is 0. The second-order valence-corrected chi connectivity index (χ2v) is 5.92. The molecule has 0 heterocycles.